The van der Waals surface area contributed by atoms with Gasteiger partial charge in [-0.25, -0.2) is 13.1 Å². The molecule has 2 unspecified atom stereocenters. The molecule has 1 aliphatic rings. The van der Waals surface area contributed by atoms with Gasteiger partial charge in [0.2, 0.25) is 10.0 Å². The monoisotopic (exact) mass is 285 g/mol. The zero-order chi connectivity index (χ0) is 14.0. The van der Waals surface area contributed by atoms with E-state index in [9.17, 15) is 8.42 Å². The van der Waals surface area contributed by atoms with E-state index in [1.54, 1.807) is 12.1 Å². The molecular formula is C13H19NO4S. The highest BCUT2D eigenvalue weighted by atomic mass is 32.2. The largest absolute Gasteiger partial charge is 0.495 e. The minimum atomic E-state index is -3.56. The Morgan fingerprint density at radius 2 is 2.21 bits per heavy atom. The van der Waals surface area contributed by atoms with E-state index in [0.717, 1.165) is 12.8 Å². The minimum absolute atomic E-state index is 0.0391. The van der Waals surface area contributed by atoms with Crippen LogP contribution in [0.2, 0.25) is 0 Å². The maximum atomic E-state index is 12.3. The lowest BCUT2D eigenvalue weighted by Crippen LogP contribution is -2.27. The summed E-state index contributed by atoms with van der Waals surface area (Å²) in [5.74, 6) is 0.699. The van der Waals surface area contributed by atoms with Gasteiger partial charge in [-0.05, 0) is 30.0 Å². The molecule has 1 saturated carbocycles. The highest BCUT2D eigenvalue weighted by molar-refractivity contribution is 7.89. The van der Waals surface area contributed by atoms with E-state index in [1.165, 1.54) is 13.2 Å². The number of hydrogen-bond donors (Lipinski definition) is 2. The smallest absolute Gasteiger partial charge is 0.244 e. The summed E-state index contributed by atoms with van der Waals surface area (Å²) in [4.78, 5) is 0.119. The summed E-state index contributed by atoms with van der Waals surface area (Å²) in [7, 11) is -2.15. The Morgan fingerprint density at radius 1 is 1.47 bits per heavy atom. The average molecular weight is 285 g/mol. The third-order valence-electron chi connectivity index (χ3n) is 3.45. The molecule has 0 aromatic heterocycles. The van der Waals surface area contributed by atoms with Gasteiger partial charge < -0.3 is 9.84 Å². The molecule has 1 aliphatic carbocycles. The predicted molar refractivity (Wildman–Crippen MR) is 71.4 cm³/mol. The van der Waals surface area contributed by atoms with Crippen LogP contribution < -0.4 is 9.46 Å². The van der Waals surface area contributed by atoms with Crippen molar-refractivity contribution in [1.82, 2.24) is 4.72 Å². The van der Waals surface area contributed by atoms with Crippen molar-refractivity contribution < 1.29 is 18.3 Å². The highest BCUT2D eigenvalue weighted by Gasteiger charge is 2.39. The maximum Gasteiger partial charge on any atom is 0.244 e. The van der Waals surface area contributed by atoms with Crippen molar-refractivity contribution in [3.63, 3.8) is 0 Å². The Bertz CT molecular complexity index is 556. The number of benzene rings is 1. The van der Waals surface area contributed by atoms with Crippen LogP contribution in [0.3, 0.4) is 0 Å². The number of aliphatic hydroxyl groups is 1. The molecule has 0 amide bonds. The molecule has 1 aromatic carbocycles. The quantitative estimate of drug-likeness (QED) is 0.825. The number of rotatable bonds is 6. The summed E-state index contributed by atoms with van der Waals surface area (Å²) in [5, 5.41) is 9.05. The number of methoxy groups -OCH3 is 1. The molecule has 2 N–H and O–H groups in total. The summed E-state index contributed by atoms with van der Waals surface area (Å²) in [5.41, 5.74) is 0.619. The molecule has 2 atom stereocenters. The van der Waals surface area contributed by atoms with Crippen LogP contribution in [-0.4, -0.2) is 26.7 Å². The van der Waals surface area contributed by atoms with Crippen molar-refractivity contribution in [1.29, 1.82) is 0 Å². The minimum Gasteiger partial charge on any atom is -0.495 e. The van der Waals surface area contributed by atoms with E-state index in [-0.39, 0.29) is 23.3 Å². The second-order valence-corrected chi connectivity index (χ2v) is 6.46. The number of aliphatic hydroxyl groups excluding tert-OH is 1. The highest BCUT2D eigenvalue weighted by Crippen LogP contribution is 2.35. The summed E-state index contributed by atoms with van der Waals surface area (Å²) in [6, 6.07) is 4.63. The molecule has 2 rings (SSSR count). The standard InChI is InChI=1S/C13H19NO4S/c1-3-10-7-11(10)14-19(16,17)13-5-4-9(8-15)6-12(13)18-2/h4-6,10-11,14-15H,3,7-8H2,1-2H3. The second kappa shape index (κ2) is 5.48. The van der Waals surface area contributed by atoms with E-state index in [2.05, 4.69) is 11.6 Å². The first-order valence-electron chi connectivity index (χ1n) is 6.32. The molecule has 1 aromatic rings. The molecule has 0 saturated heterocycles. The first kappa shape index (κ1) is 14.3. The first-order chi connectivity index (χ1) is 9.01. The van der Waals surface area contributed by atoms with Gasteiger partial charge in [0, 0.05) is 6.04 Å². The topological polar surface area (TPSA) is 75.6 Å². The molecule has 5 nitrogen and oxygen atoms in total. The maximum absolute atomic E-state index is 12.3. The van der Waals surface area contributed by atoms with Gasteiger partial charge in [0.25, 0.3) is 0 Å². The van der Waals surface area contributed by atoms with E-state index < -0.39 is 10.0 Å². The Balaban J connectivity index is 2.24. The number of nitrogens with one attached hydrogen (secondary N) is 1. The van der Waals surface area contributed by atoms with E-state index in [1.807, 2.05) is 0 Å². The van der Waals surface area contributed by atoms with Gasteiger partial charge in [-0.15, -0.1) is 0 Å². The molecule has 0 radical (unpaired) electrons. The lowest BCUT2D eigenvalue weighted by Gasteiger charge is -2.11. The lowest BCUT2D eigenvalue weighted by atomic mass is 10.2. The van der Waals surface area contributed by atoms with Gasteiger partial charge in [0.15, 0.2) is 0 Å². The van der Waals surface area contributed by atoms with E-state index in [0.29, 0.717) is 11.5 Å². The number of sulfonamides is 1. The van der Waals surface area contributed by atoms with Gasteiger partial charge in [-0.2, -0.15) is 0 Å². The zero-order valence-electron chi connectivity index (χ0n) is 11.1. The van der Waals surface area contributed by atoms with Crippen LogP contribution in [0, 0.1) is 5.92 Å². The third kappa shape index (κ3) is 3.08. The molecule has 0 heterocycles. The van der Waals surface area contributed by atoms with Crippen molar-refractivity contribution in [2.75, 3.05) is 7.11 Å². The molecule has 1 fully saturated rings. The molecule has 0 bridgehead atoms. The van der Waals surface area contributed by atoms with Crippen molar-refractivity contribution in [3.05, 3.63) is 23.8 Å². The van der Waals surface area contributed by atoms with Gasteiger partial charge in [0.1, 0.15) is 10.6 Å². The van der Waals surface area contributed by atoms with Crippen molar-refractivity contribution in [2.24, 2.45) is 5.92 Å². The van der Waals surface area contributed by atoms with Gasteiger partial charge in [-0.3, -0.25) is 0 Å². The summed E-state index contributed by atoms with van der Waals surface area (Å²) < 4.78 is 32.3. The Labute approximate surface area is 113 Å². The Hall–Kier alpha value is -1.11. The lowest BCUT2D eigenvalue weighted by molar-refractivity contribution is 0.280. The predicted octanol–water partition coefficient (Wildman–Crippen LogP) is 1.26. The number of hydrogen-bond acceptors (Lipinski definition) is 4. The normalized spacial score (nSPS) is 22.3. The summed E-state index contributed by atoms with van der Waals surface area (Å²) in [6.07, 6.45) is 1.88. The van der Waals surface area contributed by atoms with Crippen LogP contribution in [0.1, 0.15) is 25.3 Å². The van der Waals surface area contributed by atoms with Crippen LogP contribution in [0.5, 0.6) is 5.75 Å². The molecule has 6 heteroatoms. The van der Waals surface area contributed by atoms with Gasteiger partial charge in [0.05, 0.1) is 13.7 Å². The third-order valence-corrected chi connectivity index (χ3v) is 4.98. The number of ether oxygens (including phenoxy) is 1. The average Bonchev–Trinajstić information content (AvgIpc) is 3.15. The Kier molecular flexibility index (Phi) is 4.13. The van der Waals surface area contributed by atoms with Crippen LogP contribution in [-0.2, 0) is 16.6 Å². The van der Waals surface area contributed by atoms with Crippen LogP contribution in [0.4, 0.5) is 0 Å². The SMILES string of the molecule is CCC1CC1NS(=O)(=O)c1ccc(CO)cc1OC. The molecule has 106 valence electrons. The first-order valence-corrected chi connectivity index (χ1v) is 7.80. The van der Waals surface area contributed by atoms with Gasteiger partial charge >= 0.3 is 0 Å². The summed E-state index contributed by atoms with van der Waals surface area (Å²) >= 11 is 0. The van der Waals surface area contributed by atoms with Crippen LogP contribution >= 0.6 is 0 Å². The molecular weight excluding hydrogens is 266 g/mol. The van der Waals surface area contributed by atoms with Crippen LogP contribution in [0.15, 0.2) is 23.1 Å². The van der Waals surface area contributed by atoms with Crippen molar-refractivity contribution >= 4 is 10.0 Å². The van der Waals surface area contributed by atoms with E-state index in [4.69, 9.17) is 9.84 Å². The molecule has 19 heavy (non-hydrogen) atoms. The molecule has 0 aliphatic heterocycles. The fraction of sp³-hybridized carbons (Fsp3) is 0.538. The fourth-order valence-corrected chi connectivity index (χ4v) is 3.61. The second-order valence-electron chi connectivity index (χ2n) is 4.78. The summed E-state index contributed by atoms with van der Waals surface area (Å²) in [6.45, 7) is 1.90. The van der Waals surface area contributed by atoms with Crippen LogP contribution in [0.25, 0.3) is 0 Å². The van der Waals surface area contributed by atoms with Crippen molar-refractivity contribution in [3.8, 4) is 5.75 Å². The van der Waals surface area contributed by atoms with Gasteiger partial charge in [-0.1, -0.05) is 19.4 Å². The molecule has 0 spiro atoms. The van der Waals surface area contributed by atoms with Crippen molar-refractivity contribution in [2.45, 2.75) is 37.3 Å². The Morgan fingerprint density at radius 3 is 2.74 bits per heavy atom. The van der Waals surface area contributed by atoms with E-state index >= 15 is 0 Å². The zero-order valence-corrected chi connectivity index (χ0v) is 11.9. The fourth-order valence-electron chi connectivity index (χ4n) is 2.14.